The maximum absolute atomic E-state index is 13.7. The molecule has 16 heavy (non-hydrogen) atoms. The topological polar surface area (TPSA) is 52.0 Å². The van der Waals surface area contributed by atoms with Gasteiger partial charge in [-0.15, -0.1) is 0 Å². The smallest absolute Gasteiger partial charge is 0.260 e. The van der Waals surface area contributed by atoms with Gasteiger partial charge in [-0.3, -0.25) is 0 Å². The summed E-state index contributed by atoms with van der Waals surface area (Å²) in [6, 6.07) is 4.62. The van der Waals surface area contributed by atoms with Crippen LogP contribution in [0.2, 0.25) is 0 Å². The third kappa shape index (κ3) is 2.25. The Labute approximate surface area is 96.9 Å². The van der Waals surface area contributed by atoms with E-state index in [1.54, 1.807) is 12.1 Å². The molecule has 0 spiro atoms. The van der Waals surface area contributed by atoms with Gasteiger partial charge in [0.2, 0.25) is 0 Å². The number of nitrogens with zero attached hydrogens (tertiary/aromatic N) is 1. The summed E-state index contributed by atoms with van der Waals surface area (Å²) in [5.74, 6) is -0.307. The maximum Gasteiger partial charge on any atom is 0.260 e. The van der Waals surface area contributed by atoms with E-state index in [4.69, 9.17) is 10.2 Å². The van der Waals surface area contributed by atoms with Crippen LogP contribution in [-0.2, 0) is 0 Å². The van der Waals surface area contributed by atoms with Crippen molar-refractivity contribution in [3.05, 3.63) is 42.0 Å². The fraction of sp³-hybridized carbons (Fsp3) is 0.182. The SMILES string of the molecule is CC(N)c1cccc(F)c1Sc1ncco1. The molecule has 0 saturated carbocycles. The van der Waals surface area contributed by atoms with Gasteiger partial charge >= 0.3 is 0 Å². The Hall–Kier alpha value is -1.33. The Kier molecular flexibility index (Phi) is 3.26. The molecule has 0 bridgehead atoms. The van der Waals surface area contributed by atoms with E-state index < -0.39 is 0 Å². The molecule has 0 saturated heterocycles. The first kappa shape index (κ1) is 11.2. The van der Waals surface area contributed by atoms with Gasteiger partial charge in [0.25, 0.3) is 5.22 Å². The molecule has 0 aliphatic heterocycles. The molecule has 2 N–H and O–H groups in total. The number of halogens is 1. The van der Waals surface area contributed by atoms with Gasteiger partial charge in [0.1, 0.15) is 12.1 Å². The van der Waals surface area contributed by atoms with Crippen LogP contribution < -0.4 is 5.73 Å². The van der Waals surface area contributed by atoms with Crippen molar-refractivity contribution in [3.8, 4) is 0 Å². The Balaban J connectivity index is 2.38. The number of aromatic nitrogens is 1. The Morgan fingerprint density at radius 3 is 2.94 bits per heavy atom. The number of rotatable bonds is 3. The van der Waals surface area contributed by atoms with Gasteiger partial charge in [0, 0.05) is 6.04 Å². The number of hydrogen-bond acceptors (Lipinski definition) is 4. The first-order valence-corrected chi connectivity index (χ1v) is 5.61. The minimum absolute atomic E-state index is 0.229. The monoisotopic (exact) mass is 238 g/mol. The van der Waals surface area contributed by atoms with Gasteiger partial charge in [-0.2, -0.15) is 0 Å². The largest absolute Gasteiger partial charge is 0.440 e. The van der Waals surface area contributed by atoms with Crippen molar-refractivity contribution in [3.63, 3.8) is 0 Å². The summed E-state index contributed by atoms with van der Waals surface area (Å²) in [5, 5.41) is 0.409. The van der Waals surface area contributed by atoms with Crippen molar-refractivity contribution >= 4 is 11.8 Å². The van der Waals surface area contributed by atoms with E-state index in [0.29, 0.717) is 10.1 Å². The van der Waals surface area contributed by atoms with Crippen molar-refractivity contribution in [1.29, 1.82) is 0 Å². The molecule has 2 rings (SSSR count). The van der Waals surface area contributed by atoms with Gasteiger partial charge in [-0.05, 0) is 30.3 Å². The lowest BCUT2D eigenvalue weighted by atomic mass is 10.1. The predicted molar refractivity (Wildman–Crippen MR) is 59.6 cm³/mol. The molecule has 0 aliphatic rings. The maximum atomic E-state index is 13.7. The number of oxazole rings is 1. The van der Waals surface area contributed by atoms with Crippen LogP contribution in [0.5, 0.6) is 0 Å². The van der Waals surface area contributed by atoms with E-state index in [0.717, 1.165) is 17.3 Å². The summed E-state index contributed by atoms with van der Waals surface area (Å²) in [7, 11) is 0. The highest BCUT2D eigenvalue weighted by Gasteiger charge is 2.14. The van der Waals surface area contributed by atoms with E-state index in [9.17, 15) is 4.39 Å². The average Bonchev–Trinajstić information content (AvgIpc) is 2.73. The summed E-state index contributed by atoms with van der Waals surface area (Å²) >= 11 is 1.14. The van der Waals surface area contributed by atoms with Crippen LogP contribution >= 0.6 is 11.8 Å². The van der Waals surface area contributed by atoms with Crippen LogP contribution in [0, 0.1) is 5.82 Å². The van der Waals surface area contributed by atoms with Crippen LogP contribution in [0.1, 0.15) is 18.5 Å². The summed E-state index contributed by atoms with van der Waals surface area (Å²) in [6.45, 7) is 1.81. The zero-order valence-corrected chi connectivity index (χ0v) is 9.50. The van der Waals surface area contributed by atoms with Crippen LogP contribution in [0.4, 0.5) is 4.39 Å². The fourth-order valence-corrected chi connectivity index (χ4v) is 2.27. The third-order valence-corrected chi connectivity index (χ3v) is 3.10. The van der Waals surface area contributed by atoms with Gasteiger partial charge in [-0.25, -0.2) is 9.37 Å². The van der Waals surface area contributed by atoms with Crippen molar-refractivity contribution in [2.24, 2.45) is 5.73 Å². The normalized spacial score (nSPS) is 12.7. The van der Waals surface area contributed by atoms with Crippen LogP contribution in [0.25, 0.3) is 0 Å². The Morgan fingerprint density at radius 1 is 1.50 bits per heavy atom. The first-order chi connectivity index (χ1) is 7.68. The van der Waals surface area contributed by atoms with Gasteiger partial charge in [0.15, 0.2) is 0 Å². The van der Waals surface area contributed by atoms with Crippen molar-refractivity contribution in [2.45, 2.75) is 23.1 Å². The molecule has 1 aromatic heterocycles. The van der Waals surface area contributed by atoms with E-state index in [2.05, 4.69) is 4.98 Å². The number of hydrogen-bond donors (Lipinski definition) is 1. The number of nitrogens with two attached hydrogens (primary N) is 1. The lowest BCUT2D eigenvalue weighted by molar-refractivity contribution is 0.453. The molecule has 1 heterocycles. The fourth-order valence-electron chi connectivity index (χ4n) is 1.34. The van der Waals surface area contributed by atoms with Gasteiger partial charge in [-0.1, -0.05) is 12.1 Å². The standard InChI is InChI=1S/C11H11FN2OS/c1-7(13)8-3-2-4-9(12)10(8)16-11-14-5-6-15-11/h2-7H,13H2,1H3. The molecule has 5 heteroatoms. The molecular formula is C11H11FN2OS. The van der Waals surface area contributed by atoms with E-state index in [1.807, 2.05) is 6.92 Å². The first-order valence-electron chi connectivity index (χ1n) is 4.80. The van der Waals surface area contributed by atoms with Gasteiger partial charge in [0.05, 0.1) is 11.1 Å². The van der Waals surface area contributed by atoms with E-state index in [-0.39, 0.29) is 11.9 Å². The quantitative estimate of drug-likeness (QED) is 0.893. The highest BCUT2D eigenvalue weighted by molar-refractivity contribution is 7.99. The Morgan fingerprint density at radius 2 is 2.31 bits per heavy atom. The summed E-state index contributed by atoms with van der Waals surface area (Å²) in [5.41, 5.74) is 6.53. The second kappa shape index (κ2) is 4.67. The summed E-state index contributed by atoms with van der Waals surface area (Å²) in [6.07, 6.45) is 2.98. The molecule has 0 radical (unpaired) electrons. The molecule has 2 aromatic rings. The van der Waals surface area contributed by atoms with Crippen LogP contribution in [-0.4, -0.2) is 4.98 Å². The summed E-state index contributed by atoms with van der Waals surface area (Å²) in [4.78, 5) is 4.41. The van der Waals surface area contributed by atoms with Crippen molar-refractivity contribution < 1.29 is 8.81 Å². The highest BCUT2D eigenvalue weighted by Crippen LogP contribution is 2.33. The van der Waals surface area contributed by atoms with Gasteiger partial charge < -0.3 is 10.2 Å². The third-order valence-electron chi connectivity index (χ3n) is 2.09. The molecule has 0 aliphatic carbocycles. The molecule has 1 atom stereocenters. The molecular weight excluding hydrogens is 227 g/mol. The zero-order valence-electron chi connectivity index (χ0n) is 8.68. The van der Waals surface area contributed by atoms with Crippen molar-refractivity contribution in [1.82, 2.24) is 4.98 Å². The molecule has 1 aromatic carbocycles. The highest BCUT2D eigenvalue weighted by atomic mass is 32.2. The average molecular weight is 238 g/mol. The predicted octanol–water partition coefficient (Wildman–Crippen LogP) is 2.98. The summed E-state index contributed by atoms with van der Waals surface area (Å²) < 4.78 is 18.7. The molecule has 0 fully saturated rings. The minimum Gasteiger partial charge on any atom is -0.440 e. The van der Waals surface area contributed by atoms with Crippen LogP contribution in [0.15, 0.2) is 45.2 Å². The molecule has 3 nitrogen and oxygen atoms in total. The number of benzene rings is 1. The molecule has 0 amide bonds. The lowest BCUT2D eigenvalue weighted by Gasteiger charge is -2.11. The second-order valence-electron chi connectivity index (χ2n) is 3.35. The lowest BCUT2D eigenvalue weighted by Crippen LogP contribution is -2.07. The zero-order chi connectivity index (χ0) is 11.5. The van der Waals surface area contributed by atoms with Crippen molar-refractivity contribution in [2.75, 3.05) is 0 Å². The van der Waals surface area contributed by atoms with E-state index >= 15 is 0 Å². The second-order valence-corrected chi connectivity index (χ2v) is 4.31. The van der Waals surface area contributed by atoms with E-state index in [1.165, 1.54) is 18.5 Å². The molecule has 1 unspecified atom stereocenters. The van der Waals surface area contributed by atoms with Crippen LogP contribution in [0.3, 0.4) is 0 Å². The minimum atomic E-state index is -0.307. The molecule has 84 valence electrons. The Bertz CT molecular complexity index is 471.